The summed E-state index contributed by atoms with van der Waals surface area (Å²) in [5.74, 6) is -0.312. The van der Waals surface area contributed by atoms with E-state index >= 15 is 0 Å². The second-order valence-electron chi connectivity index (χ2n) is 6.50. The molecule has 3 heterocycles. The number of carbonyl (C=O) groups is 2. The van der Waals surface area contributed by atoms with Crippen molar-refractivity contribution in [3.63, 3.8) is 0 Å². The average Bonchev–Trinajstić information content (AvgIpc) is 3.27. The van der Waals surface area contributed by atoms with Crippen LogP contribution in [0.5, 0.6) is 0 Å². The molecule has 0 unspecified atom stereocenters. The fourth-order valence-electron chi connectivity index (χ4n) is 2.96. The lowest BCUT2D eigenvalue weighted by atomic mass is 10.1. The van der Waals surface area contributed by atoms with E-state index in [1.807, 2.05) is 19.1 Å². The van der Waals surface area contributed by atoms with E-state index in [1.165, 1.54) is 6.92 Å². The first kappa shape index (κ1) is 18.1. The third-order valence-electron chi connectivity index (χ3n) is 4.40. The topological polar surface area (TPSA) is 85.1 Å². The van der Waals surface area contributed by atoms with Crippen molar-refractivity contribution >= 4 is 39.8 Å². The summed E-state index contributed by atoms with van der Waals surface area (Å²) in [6, 6.07) is 12.5. The number of thiophene rings is 1. The number of hydrogen-bond donors (Lipinski definition) is 1. The van der Waals surface area contributed by atoms with Crippen molar-refractivity contribution in [1.82, 2.24) is 10.1 Å². The van der Waals surface area contributed by atoms with Crippen LogP contribution in [-0.2, 0) is 0 Å². The number of nitrogens with zero attached hydrogens (tertiary/aromatic N) is 2. The number of Topliss-reactive ketones (excluding diaryl/α,β-unsaturated/α-hetero) is 1. The largest absolute Gasteiger partial charge is 0.335 e. The van der Waals surface area contributed by atoms with Gasteiger partial charge in [-0.1, -0.05) is 5.16 Å². The van der Waals surface area contributed by atoms with Crippen molar-refractivity contribution in [2.45, 2.75) is 20.8 Å². The number of benzene rings is 1. The quantitative estimate of drug-likeness (QED) is 0.494. The van der Waals surface area contributed by atoms with Gasteiger partial charge in [0.05, 0.1) is 27.2 Å². The van der Waals surface area contributed by atoms with Gasteiger partial charge < -0.3 is 9.84 Å². The van der Waals surface area contributed by atoms with Gasteiger partial charge in [-0.2, -0.15) is 0 Å². The van der Waals surface area contributed by atoms with Crippen LogP contribution < -0.4 is 5.32 Å². The summed E-state index contributed by atoms with van der Waals surface area (Å²) in [4.78, 5) is 31.1. The fourth-order valence-corrected chi connectivity index (χ4v) is 3.79. The molecule has 7 heteroatoms. The number of hydrogen-bond acceptors (Lipinski definition) is 6. The normalized spacial score (nSPS) is 11.0. The number of aromatic nitrogens is 2. The molecule has 140 valence electrons. The summed E-state index contributed by atoms with van der Waals surface area (Å²) in [5, 5.41) is 7.43. The van der Waals surface area contributed by atoms with Gasteiger partial charge in [0.1, 0.15) is 0 Å². The van der Waals surface area contributed by atoms with Gasteiger partial charge in [-0.25, -0.2) is 4.98 Å². The van der Waals surface area contributed by atoms with Gasteiger partial charge in [-0.15, -0.1) is 11.3 Å². The first-order valence-corrected chi connectivity index (χ1v) is 9.50. The van der Waals surface area contributed by atoms with Gasteiger partial charge >= 0.3 is 0 Å². The number of amides is 1. The zero-order valence-electron chi connectivity index (χ0n) is 15.6. The molecule has 0 radical (unpaired) electrons. The molecule has 4 rings (SSSR count). The van der Waals surface area contributed by atoms with Crippen molar-refractivity contribution in [2.24, 2.45) is 0 Å². The highest BCUT2D eigenvalue weighted by atomic mass is 32.1. The third-order valence-corrected chi connectivity index (χ3v) is 5.43. The smallest absolute Gasteiger partial charge is 0.259 e. The summed E-state index contributed by atoms with van der Waals surface area (Å²) in [6.45, 7) is 5.30. The summed E-state index contributed by atoms with van der Waals surface area (Å²) in [7, 11) is 0. The molecule has 0 atom stereocenters. The van der Waals surface area contributed by atoms with Crippen molar-refractivity contribution in [3.05, 3.63) is 64.2 Å². The van der Waals surface area contributed by atoms with E-state index in [0.29, 0.717) is 39.3 Å². The predicted molar refractivity (Wildman–Crippen MR) is 109 cm³/mol. The number of anilines is 1. The minimum absolute atomic E-state index is 0.0234. The number of fused-ring (bicyclic) bond motifs is 1. The summed E-state index contributed by atoms with van der Waals surface area (Å²) in [6.07, 6.45) is 0. The number of carbonyl (C=O) groups excluding carboxylic acids is 2. The molecular formula is C21H17N3O3S. The van der Waals surface area contributed by atoms with Crippen molar-refractivity contribution in [3.8, 4) is 10.6 Å². The lowest BCUT2D eigenvalue weighted by Gasteiger charge is -2.08. The van der Waals surface area contributed by atoms with Crippen LogP contribution in [-0.4, -0.2) is 21.8 Å². The lowest BCUT2D eigenvalue weighted by Crippen LogP contribution is -2.13. The minimum Gasteiger partial charge on any atom is -0.335 e. The highest BCUT2D eigenvalue weighted by Crippen LogP contribution is 2.31. The van der Waals surface area contributed by atoms with E-state index in [2.05, 4.69) is 15.5 Å². The Morgan fingerprint density at radius 1 is 1.07 bits per heavy atom. The Labute approximate surface area is 165 Å². The Bertz CT molecular complexity index is 1210. The minimum atomic E-state index is -0.288. The molecular weight excluding hydrogens is 374 g/mol. The highest BCUT2D eigenvalue weighted by Gasteiger charge is 2.20. The molecule has 0 saturated carbocycles. The number of ketones is 1. The fraction of sp³-hybridized carbons (Fsp3) is 0.143. The monoisotopic (exact) mass is 391 g/mol. The van der Waals surface area contributed by atoms with Gasteiger partial charge in [-0.3, -0.25) is 9.59 Å². The van der Waals surface area contributed by atoms with Crippen molar-refractivity contribution < 1.29 is 14.1 Å². The third kappa shape index (κ3) is 3.32. The van der Waals surface area contributed by atoms with Crippen LogP contribution in [0, 0.1) is 13.8 Å². The van der Waals surface area contributed by atoms with E-state index in [1.54, 1.807) is 48.6 Å². The zero-order valence-corrected chi connectivity index (χ0v) is 16.4. The second-order valence-corrected chi connectivity index (χ2v) is 7.79. The Kier molecular flexibility index (Phi) is 4.52. The molecule has 1 aromatic carbocycles. The Morgan fingerprint density at radius 3 is 2.46 bits per heavy atom. The first-order chi connectivity index (χ1) is 13.4. The Morgan fingerprint density at radius 2 is 1.82 bits per heavy atom. The number of aryl methyl sites for hydroxylation is 2. The summed E-state index contributed by atoms with van der Waals surface area (Å²) in [5.41, 5.74) is 3.24. The first-order valence-electron chi connectivity index (χ1n) is 8.68. The Balaban J connectivity index is 1.74. The molecule has 3 aromatic heterocycles. The molecule has 1 amide bonds. The number of pyridine rings is 1. The van der Waals surface area contributed by atoms with E-state index in [4.69, 9.17) is 4.52 Å². The maximum absolute atomic E-state index is 13.0. The molecule has 0 spiro atoms. The van der Waals surface area contributed by atoms with Crippen LogP contribution in [0.25, 0.3) is 21.7 Å². The molecule has 28 heavy (non-hydrogen) atoms. The number of nitrogens with one attached hydrogen (secondary N) is 1. The molecule has 0 fully saturated rings. The summed E-state index contributed by atoms with van der Waals surface area (Å²) >= 11 is 1.60. The highest BCUT2D eigenvalue weighted by molar-refractivity contribution is 7.15. The standard InChI is InChI=1S/C21H17N3O3S/c1-11-4-9-18(28-11)17-10-16(19-12(2)24-27-21(19)23-17)20(26)22-15-7-5-14(6-8-15)13(3)25/h4-10H,1-3H3,(H,22,26). The van der Waals surface area contributed by atoms with Crippen LogP contribution in [0.3, 0.4) is 0 Å². The number of rotatable bonds is 4. The van der Waals surface area contributed by atoms with Crippen LogP contribution in [0.4, 0.5) is 5.69 Å². The molecule has 0 aliphatic carbocycles. The molecule has 0 aliphatic rings. The van der Waals surface area contributed by atoms with Gasteiger partial charge in [0.25, 0.3) is 11.6 Å². The van der Waals surface area contributed by atoms with Gasteiger partial charge in [0.15, 0.2) is 5.78 Å². The van der Waals surface area contributed by atoms with Crippen LogP contribution >= 0.6 is 11.3 Å². The van der Waals surface area contributed by atoms with E-state index < -0.39 is 0 Å². The van der Waals surface area contributed by atoms with Gasteiger partial charge in [0, 0.05) is 16.1 Å². The van der Waals surface area contributed by atoms with Crippen molar-refractivity contribution in [1.29, 1.82) is 0 Å². The second kappa shape index (κ2) is 7.01. The molecule has 0 aliphatic heterocycles. The predicted octanol–water partition coefficient (Wildman–Crippen LogP) is 5.02. The van der Waals surface area contributed by atoms with E-state index in [-0.39, 0.29) is 11.7 Å². The maximum atomic E-state index is 13.0. The maximum Gasteiger partial charge on any atom is 0.259 e. The van der Waals surface area contributed by atoms with E-state index in [0.717, 1.165) is 9.75 Å². The lowest BCUT2D eigenvalue weighted by molar-refractivity contribution is 0.101. The molecule has 6 nitrogen and oxygen atoms in total. The molecule has 1 N–H and O–H groups in total. The SMILES string of the molecule is CC(=O)c1ccc(NC(=O)c2cc(-c3ccc(C)s3)nc3onc(C)c23)cc1. The van der Waals surface area contributed by atoms with Crippen LogP contribution in [0.2, 0.25) is 0 Å². The average molecular weight is 391 g/mol. The van der Waals surface area contributed by atoms with Gasteiger partial charge in [-0.05, 0) is 63.2 Å². The molecule has 0 saturated heterocycles. The van der Waals surface area contributed by atoms with E-state index in [9.17, 15) is 9.59 Å². The van der Waals surface area contributed by atoms with Crippen LogP contribution in [0.1, 0.15) is 38.2 Å². The Hall–Kier alpha value is -3.32. The molecule has 4 aromatic rings. The van der Waals surface area contributed by atoms with Crippen LogP contribution in [0.15, 0.2) is 47.0 Å². The zero-order chi connectivity index (χ0) is 19.8. The van der Waals surface area contributed by atoms with Gasteiger partial charge in [0.2, 0.25) is 0 Å². The summed E-state index contributed by atoms with van der Waals surface area (Å²) < 4.78 is 5.33. The molecule has 0 bridgehead atoms. The van der Waals surface area contributed by atoms with Crippen molar-refractivity contribution in [2.75, 3.05) is 5.32 Å².